The standard InChI is InChI=1S/C16H28ClNOS/c1-4-6-7-8-9-12(3)19-16(13(18)5-2)14-10-11-15(17)20-14/h10-13,16H,4-9,18H2,1-3H3. The number of hydrogen-bond acceptors (Lipinski definition) is 3. The maximum Gasteiger partial charge on any atom is 0.107 e. The quantitative estimate of drug-likeness (QED) is 0.574. The molecule has 20 heavy (non-hydrogen) atoms. The highest BCUT2D eigenvalue weighted by molar-refractivity contribution is 7.16. The van der Waals surface area contributed by atoms with Gasteiger partial charge in [-0.25, -0.2) is 0 Å². The number of rotatable bonds is 10. The Hall–Kier alpha value is -0.0900. The Labute approximate surface area is 132 Å². The Kier molecular flexibility index (Phi) is 8.78. The third-order valence-electron chi connectivity index (χ3n) is 3.58. The second kappa shape index (κ2) is 9.78. The number of nitrogens with two attached hydrogens (primary N) is 1. The molecule has 0 spiro atoms. The molecule has 0 aliphatic rings. The Morgan fingerprint density at radius 1 is 1.25 bits per heavy atom. The van der Waals surface area contributed by atoms with E-state index >= 15 is 0 Å². The molecule has 4 heteroatoms. The molecular formula is C16H28ClNOS. The van der Waals surface area contributed by atoms with Gasteiger partial charge in [-0.15, -0.1) is 11.3 Å². The zero-order chi connectivity index (χ0) is 15.0. The van der Waals surface area contributed by atoms with E-state index in [0.29, 0.717) is 0 Å². The summed E-state index contributed by atoms with van der Waals surface area (Å²) in [4.78, 5) is 1.14. The van der Waals surface area contributed by atoms with Crippen LogP contribution in [0.15, 0.2) is 12.1 Å². The lowest BCUT2D eigenvalue weighted by atomic mass is 10.1. The number of hydrogen-bond donors (Lipinski definition) is 1. The molecular weight excluding hydrogens is 290 g/mol. The van der Waals surface area contributed by atoms with Crippen molar-refractivity contribution < 1.29 is 4.74 Å². The number of halogens is 1. The topological polar surface area (TPSA) is 35.2 Å². The number of unbranched alkanes of at least 4 members (excludes halogenated alkanes) is 3. The monoisotopic (exact) mass is 317 g/mol. The van der Waals surface area contributed by atoms with Crippen LogP contribution in [-0.4, -0.2) is 12.1 Å². The third-order valence-corrected chi connectivity index (χ3v) is 4.87. The van der Waals surface area contributed by atoms with Crippen molar-refractivity contribution in [2.24, 2.45) is 5.73 Å². The van der Waals surface area contributed by atoms with Crippen LogP contribution < -0.4 is 5.73 Å². The maximum atomic E-state index is 6.22. The first-order valence-corrected chi connectivity index (χ1v) is 8.94. The van der Waals surface area contributed by atoms with Gasteiger partial charge in [0.2, 0.25) is 0 Å². The molecule has 0 bridgehead atoms. The van der Waals surface area contributed by atoms with E-state index in [1.165, 1.54) is 25.7 Å². The highest BCUT2D eigenvalue weighted by Gasteiger charge is 2.23. The van der Waals surface area contributed by atoms with Crippen molar-refractivity contribution in [1.29, 1.82) is 0 Å². The minimum absolute atomic E-state index is 0.0290. The average Bonchev–Trinajstić information content (AvgIpc) is 2.86. The summed E-state index contributed by atoms with van der Waals surface area (Å²) >= 11 is 7.60. The van der Waals surface area contributed by atoms with Gasteiger partial charge in [-0.3, -0.25) is 0 Å². The van der Waals surface area contributed by atoms with Crippen molar-refractivity contribution in [2.45, 2.75) is 77.5 Å². The predicted molar refractivity (Wildman–Crippen MR) is 89.6 cm³/mol. The predicted octanol–water partition coefficient (Wildman–Crippen LogP) is 5.56. The Bertz CT molecular complexity index is 369. The zero-order valence-electron chi connectivity index (χ0n) is 12.9. The van der Waals surface area contributed by atoms with Gasteiger partial charge in [-0.2, -0.15) is 0 Å². The van der Waals surface area contributed by atoms with Gasteiger partial charge in [0.15, 0.2) is 0 Å². The molecule has 1 rings (SSSR count). The molecule has 1 aromatic heterocycles. The lowest BCUT2D eigenvalue weighted by Gasteiger charge is -2.26. The molecule has 0 aliphatic carbocycles. The lowest BCUT2D eigenvalue weighted by molar-refractivity contribution is -0.0210. The van der Waals surface area contributed by atoms with Crippen LogP contribution in [0.3, 0.4) is 0 Å². The van der Waals surface area contributed by atoms with Gasteiger partial charge in [0.25, 0.3) is 0 Å². The Morgan fingerprint density at radius 2 is 2.00 bits per heavy atom. The average molecular weight is 318 g/mol. The van der Waals surface area contributed by atoms with E-state index in [0.717, 1.165) is 22.1 Å². The van der Waals surface area contributed by atoms with Crippen LogP contribution in [0.25, 0.3) is 0 Å². The van der Waals surface area contributed by atoms with E-state index in [1.807, 2.05) is 12.1 Å². The van der Waals surface area contributed by atoms with Crippen molar-refractivity contribution in [3.8, 4) is 0 Å². The lowest BCUT2D eigenvalue weighted by Crippen LogP contribution is -2.31. The molecule has 0 fully saturated rings. The van der Waals surface area contributed by atoms with Gasteiger partial charge in [-0.05, 0) is 31.9 Å². The number of ether oxygens (including phenoxy) is 1. The molecule has 0 saturated carbocycles. The van der Waals surface area contributed by atoms with Crippen LogP contribution in [0.2, 0.25) is 4.34 Å². The fourth-order valence-electron chi connectivity index (χ4n) is 2.25. The van der Waals surface area contributed by atoms with E-state index in [2.05, 4.69) is 20.8 Å². The second-order valence-corrected chi connectivity index (χ2v) is 7.18. The highest BCUT2D eigenvalue weighted by Crippen LogP contribution is 2.32. The van der Waals surface area contributed by atoms with Gasteiger partial charge >= 0.3 is 0 Å². The largest absolute Gasteiger partial charge is 0.368 e. The molecule has 1 heterocycles. The SMILES string of the molecule is CCCCCCC(C)OC(c1ccc(Cl)s1)C(N)CC. The van der Waals surface area contributed by atoms with E-state index in [1.54, 1.807) is 11.3 Å². The van der Waals surface area contributed by atoms with Crippen molar-refractivity contribution >= 4 is 22.9 Å². The van der Waals surface area contributed by atoms with E-state index in [4.69, 9.17) is 22.1 Å². The fourth-order valence-corrected chi connectivity index (χ4v) is 3.43. The first kappa shape index (κ1) is 18.0. The Balaban J connectivity index is 2.52. The van der Waals surface area contributed by atoms with Crippen LogP contribution in [0.5, 0.6) is 0 Å². The van der Waals surface area contributed by atoms with Gasteiger partial charge in [0.05, 0.1) is 10.4 Å². The molecule has 0 aliphatic heterocycles. The minimum atomic E-state index is -0.0290. The number of thiophene rings is 1. The van der Waals surface area contributed by atoms with Crippen molar-refractivity contribution in [3.05, 3.63) is 21.3 Å². The molecule has 3 unspecified atom stereocenters. The summed E-state index contributed by atoms with van der Waals surface area (Å²) in [5.41, 5.74) is 6.22. The van der Waals surface area contributed by atoms with Crippen molar-refractivity contribution in [1.82, 2.24) is 0 Å². The van der Waals surface area contributed by atoms with Gasteiger partial charge in [0, 0.05) is 10.9 Å². The van der Waals surface area contributed by atoms with Crippen LogP contribution >= 0.6 is 22.9 Å². The molecule has 2 nitrogen and oxygen atoms in total. The normalized spacial score (nSPS) is 16.1. The third kappa shape index (κ3) is 6.13. The van der Waals surface area contributed by atoms with Gasteiger partial charge < -0.3 is 10.5 Å². The molecule has 0 aromatic carbocycles. The molecule has 0 radical (unpaired) electrons. The van der Waals surface area contributed by atoms with E-state index in [-0.39, 0.29) is 18.2 Å². The van der Waals surface area contributed by atoms with Crippen LogP contribution in [0, 0.1) is 0 Å². The molecule has 1 aromatic rings. The summed E-state index contributed by atoms with van der Waals surface area (Å²) in [7, 11) is 0. The molecule has 0 saturated heterocycles. The van der Waals surface area contributed by atoms with Crippen LogP contribution in [-0.2, 0) is 4.74 Å². The summed E-state index contributed by atoms with van der Waals surface area (Å²) in [6, 6.07) is 3.99. The summed E-state index contributed by atoms with van der Waals surface area (Å²) in [5.74, 6) is 0. The zero-order valence-corrected chi connectivity index (χ0v) is 14.5. The molecule has 116 valence electrons. The summed E-state index contributed by atoms with van der Waals surface area (Å²) in [5, 5.41) is 0. The molecule has 0 amide bonds. The van der Waals surface area contributed by atoms with Crippen LogP contribution in [0.1, 0.15) is 70.3 Å². The summed E-state index contributed by atoms with van der Waals surface area (Å²) in [6.45, 7) is 6.48. The van der Waals surface area contributed by atoms with Crippen molar-refractivity contribution in [2.75, 3.05) is 0 Å². The summed E-state index contributed by atoms with van der Waals surface area (Å²) in [6.07, 6.45) is 7.33. The van der Waals surface area contributed by atoms with E-state index in [9.17, 15) is 0 Å². The molecule has 2 N–H and O–H groups in total. The maximum absolute atomic E-state index is 6.22. The Morgan fingerprint density at radius 3 is 2.55 bits per heavy atom. The molecule has 3 atom stereocenters. The highest BCUT2D eigenvalue weighted by atomic mass is 35.5. The van der Waals surface area contributed by atoms with Crippen molar-refractivity contribution in [3.63, 3.8) is 0 Å². The second-order valence-electron chi connectivity index (χ2n) is 5.43. The first-order valence-electron chi connectivity index (χ1n) is 7.74. The van der Waals surface area contributed by atoms with Crippen LogP contribution in [0.4, 0.5) is 0 Å². The van der Waals surface area contributed by atoms with E-state index < -0.39 is 0 Å². The minimum Gasteiger partial charge on any atom is -0.368 e. The van der Waals surface area contributed by atoms with Gasteiger partial charge in [-0.1, -0.05) is 51.1 Å². The fraction of sp³-hybridized carbons (Fsp3) is 0.750. The van der Waals surface area contributed by atoms with Gasteiger partial charge in [0.1, 0.15) is 6.10 Å². The smallest absolute Gasteiger partial charge is 0.107 e. The first-order chi connectivity index (χ1) is 9.58. The summed E-state index contributed by atoms with van der Waals surface area (Å²) < 4.78 is 7.01.